The molecule has 1 aromatic carbocycles. The number of halogens is 1. The molecule has 0 saturated carbocycles. The molecular weight excluding hydrogens is 345 g/mol. The predicted octanol–water partition coefficient (Wildman–Crippen LogP) is 3.47. The number of likely N-dealkylation sites (tertiary alicyclic amines) is 1. The number of aromatic amines is 1. The van der Waals surface area contributed by atoms with Crippen LogP contribution >= 0.6 is 0 Å². The molecule has 3 aromatic rings. The van der Waals surface area contributed by atoms with Gasteiger partial charge in [0.2, 0.25) is 0 Å². The van der Waals surface area contributed by atoms with Gasteiger partial charge in [0.05, 0.1) is 17.5 Å². The lowest BCUT2D eigenvalue weighted by Crippen LogP contribution is -2.26. The summed E-state index contributed by atoms with van der Waals surface area (Å²) in [4.78, 5) is 26.2. The highest BCUT2D eigenvalue weighted by molar-refractivity contribution is 6.11. The molecule has 4 rings (SSSR count). The normalized spacial score (nSPS) is 14.7. The Morgan fingerprint density at radius 3 is 2.85 bits per heavy atom. The molecular formula is C20H22FN5O. The molecule has 1 aliphatic rings. The van der Waals surface area contributed by atoms with Crippen LogP contribution in [-0.2, 0) is 0 Å². The summed E-state index contributed by atoms with van der Waals surface area (Å²) in [5.41, 5.74) is 1.88. The Bertz CT molecular complexity index is 978. The fourth-order valence-corrected chi connectivity index (χ4v) is 3.63. The summed E-state index contributed by atoms with van der Waals surface area (Å²) in [6, 6.07) is 7.54. The Kier molecular flexibility index (Phi) is 4.85. The van der Waals surface area contributed by atoms with E-state index < -0.39 is 5.82 Å². The Morgan fingerprint density at radius 1 is 1.30 bits per heavy atom. The molecule has 27 heavy (non-hydrogen) atoms. The largest absolute Gasteiger partial charge is 0.366 e. The maximum atomic E-state index is 14.2. The van der Waals surface area contributed by atoms with E-state index in [9.17, 15) is 9.18 Å². The van der Waals surface area contributed by atoms with Crippen molar-refractivity contribution in [1.29, 1.82) is 0 Å². The van der Waals surface area contributed by atoms with Crippen LogP contribution in [-0.4, -0.2) is 51.8 Å². The topological polar surface area (TPSA) is 73.9 Å². The van der Waals surface area contributed by atoms with Crippen LogP contribution in [0.25, 0.3) is 22.4 Å². The fraction of sp³-hybridized carbons (Fsp3) is 0.350. The smallest absolute Gasteiger partial charge is 0.183 e. The number of benzene rings is 1. The Balaban J connectivity index is 1.63. The number of rotatable bonds is 6. The quantitative estimate of drug-likeness (QED) is 0.653. The highest BCUT2D eigenvalue weighted by atomic mass is 19.1. The summed E-state index contributed by atoms with van der Waals surface area (Å²) >= 11 is 0. The van der Waals surface area contributed by atoms with Crippen LogP contribution in [0.4, 0.5) is 10.2 Å². The van der Waals surface area contributed by atoms with Gasteiger partial charge in [-0.1, -0.05) is 18.2 Å². The molecule has 6 nitrogen and oxygen atoms in total. The van der Waals surface area contributed by atoms with Gasteiger partial charge in [-0.25, -0.2) is 14.4 Å². The minimum absolute atomic E-state index is 0.0843. The lowest BCUT2D eigenvalue weighted by Gasteiger charge is -2.15. The molecule has 2 aromatic heterocycles. The van der Waals surface area contributed by atoms with E-state index >= 15 is 0 Å². The SMILES string of the molecule is CC(=O)c1c(-c2ncc(F)c(NCCN3CCCC3)n2)[nH]c2ccccc12. The number of para-hydroxylation sites is 1. The maximum Gasteiger partial charge on any atom is 0.183 e. The van der Waals surface area contributed by atoms with Crippen LogP contribution in [0.3, 0.4) is 0 Å². The van der Waals surface area contributed by atoms with Crippen molar-refractivity contribution in [3.05, 3.63) is 41.8 Å². The number of aromatic nitrogens is 3. The van der Waals surface area contributed by atoms with Crippen molar-refractivity contribution in [1.82, 2.24) is 19.9 Å². The van der Waals surface area contributed by atoms with Gasteiger partial charge >= 0.3 is 0 Å². The number of hydrogen-bond acceptors (Lipinski definition) is 5. The van der Waals surface area contributed by atoms with Crippen molar-refractivity contribution in [2.24, 2.45) is 0 Å². The molecule has 7 heteroatoms. The maximum absolute atomic E-state index is 14.2. The zero-order valence-electron chi connectivity index (χ0n) is 15.3. The van der Waals surface area contributed by atoms with Crippen LogP contribution in [0.2, 0.25) is 0 Å². The van der Waals surface area contributed by atoms with Crippen molar-refractivity contribution in [3.63, 3.8) is 0 Å². The molecule has 2 N–H and O–H groups in total. The minimum atomic E-state index is -0.499. The van der Waals surface area contributed by atoms with E-state index in [0.29, 0.717) is 23.6 Å². The molecule has 3 heterocycles. The summed E-state index contributed by atoms with van der Waals surface area (Å²) < 4.78 is 14.2. The number of H-pyrrole nitrogens is 1. The molecule has 0 bridgehead atoms. The van der Waals surface area contributed by atoms with Crippen molar-refractivity contribution < 1.29 is 9.18 Å². The zero-order valence-corrected chi connectivity index (χ0v) is 15.3. The number of carbonyl (C=O) groups is 1. The van der Waals surface area contributed by atoms with E-state index in [1.54, 1.807) is 0 Å². The molecule has 1 aliphatic heterocycles. The van der Waals surface area contributed by atoms with Gasteiger partial charge in [-0.3, -0.25) is 4.79 Å². The third kappa shape index (κ3) is 3.55. The number of ketones is 1. The van der Waals surface area contributed by atoms with Crippen LogP contribution in [0.15, 0.2) is 30.5 Å². The number of nitrogens with one attached hydrogen (secondary N) is 2. The number of Topliss-reactive ketones (excluding diaryl/α,β-unsaturated/α-hetero) is 1. The molecule has 0 aliphatic carbocycles. The average Bonchev–Trinajstić information content (AvgIpc) is 3.30. The van der Waals surface area contributed by atoms with Gasteiger partial charge in [0.15, 0.2) is 23.2 Å². The van der Waals surface area contributed by atoms with E-state index in [-0.39, 0.29) is 11.6 Å². The lowest BCUT2D eigenvalue weighted by atomic mass is 10.1. The van der Waals surface area contributed by atoms with Crippen molar-refractivity contribution in [3.8, 4) is 11.5 Å². The molecule has 0 amide bonds. The fourth-order valence-electron chi connectivity index (χ4n) is 3.63. The third-order valence-electron chi connectivity index (χ3n) is 4.95. The van der Waals surface area contributed by atoms with E-state index in [1.807, 2.05) is 24.3 Å². The summed E-state index contributed by atoms with van der Waals surface area (Å²) in [6.45, 7) is 5.16. The van der Waals surface area contributed by atoms with Gasteiger partial charge < -0.3 is 15.2 Å². The summed E-state index contributed by atoms with van der Waals surface area (Å²) in [7, 11) is 0. The molecule has 0 spiro atoms. The number of carbonyl (C=O) groups excluding carboxylic acids is 1. The summed E-state index contributed by atoms with van der Waals surface area (Å²) in [6.07, 6.45) is 3.59. The molecule has 1 fully saturated rings. The molecule has 0 radical (unpaired) electrons. The first kappa shape index (κ1) is 17.6. The monoisotopic (exact) mass is 367 g/mol. The van der Waals surface area contributed by atoms with E-state index in [0.717, 1.165) is 36.7 Å². The Morgan fingerprint density at radius 2 is 2.07 bits per heavy atom. The first-order valence-electron chi connectivity index (χ1n) is 9.24. The van der Waals surface area contributed by atoms with Crippen LogP contribution < -0.4 is 5.32 Å². The predicted molar refractivity (Wildman–Crippen MR) is 103 cm³/mol. The van der Waals surface area contributed by atoms with Gasteiger partial charge in [0, 0.05) is 24.0 Å². The van der Waals surface area contributed by atoms with E-state index in [4.69, 9.17) is 0 Å². The second-order valence-electron chi connectivity index (χ2n) is 6.84. The van der Waals surface area contributed by atoms with E-state index in [1.165, 1.54) is 19.8 Å². The second kappa shape index (κ2) is 7.44. The number of nitrogens with zero attached hydrogens (tertiary/aromatic N) is 3. The van der Waals surface area contributed by atoms with Gasteiger partial charge in [0.25, 0.3) is 0 Å². The van der Waals surface area contributed by atoms with Crippen molar-refractivity contribution >= 4 is 22.5 Å². The van der Waals surface area contributed by atoms with Crippen molar-refractivity contribution in [2.75, 3.05) is 31.5 Å². The summed E-state index contributed by atoms with van der Waals surface area (Å²) in [5, 5.41) is 3.88. The third-order valence-corrected chi connectivity index (χ3v) is 4.95. The van der Waals surface area contributed by atoms with Crippen LogP contribution in [0.1, 0.15) is 30.1 Å². The minimum Gasteiger partial charge on any atom is -0.366 e. The van der Waals surface area contributed by atoms with E-state index in [2.05, 4.69) is 25.2 Å². The second-order valence-corrected chi connectivity index (χ2v) is 6.84. The van der Waals surface area contributed by atoms with Gasteiger partial charge in [0.1, 0.15) is 0 Å². The molecule has 140 valence electrons. The molecule has 0 atom stereocenters. The highest BCUT2D eigenvalue weighted by Crippen LogP contribution is 2.29. The Labute approximate surface area is 156 Å². The number of hydrogen-bond donors (Lipinski definition) is 2. The van der Waals surface area contributed by atoms with Crippen LogP contribution in [0, 0.1) is 5.82 Å². The van der Waals surface area contributed by atoms with Crippen LogP contribution in [0.5, 0.6) is 0 Å². The first-order valence-corrected chi connectivity index (χ1v) is 9.24. The Hall–Kier alpha value is -2.80. The average molecular weight is 367 g/mol. The first-order chi connectivity index (χ1) is 13.1. The molecule has 1 saturated heterocycles. The van der Waals surface area contributed by atoms with Crippen molar-refractivity contribution in [2.45, 2.75) is 19.8 Å². The van der Waals surface area contributed by atoms with Gasteiger partial charge in [-0.05, 0) is 38.9 Å². The zero-order chi connectivity index (χ0) is 18.8. The number of anilines is 1. The summed E-state index contributed by atoms with van der Waals surface area (Å²) in [5.74, 6) is -0.117. The number of fused-ring (bicyclic) bond motifs is 1. The standard InChI is InChI=1S/C20H22FN5O/c1-13(27)17-14-6-2-3-7-16(14)24-18(17)20-23-12-15(21)19(25-20)22-8-11-26-9-4-5-10-26/h2-3,6-7,12,24H,4-5,8-11H2,1H3,(H,22,23,25). The van der Waals surface area contributed by atoms with Gasteiger partial charge in [-0.2, -0.15) is 0 Å². The van der Waals surface area contributed by atoms with Gasteiger partial charge in [-0.15, -0.1) is 0 Å². The molecule has 0 unspecified atom stereocenters. The lowest BCUT2D eigenvalue weighted by molar-refractivity contribution is 0.102. The highest BCUT2D eigenvalue weighted by Gasteiger charge is 2.20.